The van der Waals surface area contributed by atoms with Crippen molar-refractivity contribution in [3.05, 3.63) is 21.9 Å². The van der Waals surface area contributed by atoms with Gasteiger partial charge in [-0.1, -0.05) is 11.6 Å². The lowest BCUT2D eigenvalue weighted by molar-refractivity contribution is 0.0532. The van der Waals surface area contributed by atoms with Crippen molar-refractivity contribution in [3.63, 3.8) is 0 Å². The molecule has 2 heterocycles. The summed E-state index contributed by atoms with van der Waals surface area (Å²) in [6, 6.07) is 1.67. The van der Waals surface area contributed by atoms with E-state index in [1.54, 1.807) is 19.9 Å². The number of esters is 1. The summed E-state index contributed by atoms with van der Waals surface area (Å²) in [6.45, 7) is 3.88. The van der Waals surface area contributed by atoms with Gasteiger partial charge in [0.2, 0.25) is 0 Å². The fourth-order valence-corrected chi connectivity index (χ4v) is 2.58. The second-order valence-electron chi connectivity index (χ2n) is 3.11. The minimum atomic E-state index is -0.348. The first-order valence-corrected chi connectivity index (χ1v) is 5.92. The number of halogens is 1. The molecule has 2 rings (SSSR count). The molecular weight excluding hydrogens is 248 g/mol. The fraction of sp³-hybridized carbons (Fsp3) is 0.300. The Kier molecular flexibility index (Phi) is 3.07. The van der Waals surface area contributed by atoms with E-state index in [0.29, 0.717) is 32.7 Å². The number of fused-ring (bicyclic) bond motifs is 1. The Balaban J connectivity index is 2.51. The van der Waals surface area contributed by atoms with E-state index in [0.717, 1.165) is 0 Å². The molecule has 2 aromatic rings. The van der Waals surface area contributed by atoms with Gasteiger partial charge in [0, 0.05) is 5.39 Å². The lowest BCUT2D eigenvalue weighted by Gasteiger charge is -1.95. The first-order chi connectivity index (χ1) is 7.61. The van der Waals surface area contributed by atoms with Crippen molar-refractivity contribution >= 4 is 39.1 Å². The summed E-state index contributed by atoms with van der Waals surface area (Å²) in [5.74, 6) is 0.244. The van der Waals surface area contributed by atoms with E-state index in [2.05, 4.69) is 9.97 Å². The van der Waals surface area contributed by atoms with Gasteiger partial charge in [0.15, 0.2) is 0 Å². The van der Waals surface area contributed by atoms with E-state index >= 15 is 0 Å². The van der Waals surface area contributed by atoms with Gasteiger partial charge in [-0.2, -0.15) is 0 Å². The first kappa shape index (κ1) is 11.3. The number of carbonyl (C=O) groups excluding carboxylic acids is 1. The minimum Gasteiger partial charge on any atom is -0.462 e. The maximum Gasteiger partial charge on any atom is 0.348 e. The highest BCUT2D eigenvalue weighted by Gasteiger charge is 2.14. The molecule has 0 fully saturated rings. The van der Waals surface area contributed by atoms with E-state index < -0.39 is 0 Å². The molecule has 0 atom stereocenters. The topological polar surface area (TPSA) is 52.1 Å². The van der Waals surface area contributed by atoms with Crippen molar-refractivity contribution in [2.45, 2.75) is 13.8 Å². The maximum atomic E-state index is 11.5. The van der Waals surface area contributed by atoms with Crippen molar-refractivity contribution in [1.29, 1.82) is 0 Å². The van der Waals surface area contributed by atoms with E-state index in [1.165, 1.54) is 11.3 Å². The molecule has 0 spiro atoms. The molecule has 0 aliphatic heterocycles. The molecule has 0 aromatic carbocycles. The van der Waals surface area contributed by atoms with Crippen LogP contribution >= 0.6 is 22.9 Å². The molecule has 0 aliphatic carbocycles. The predicted molar refractivity (Wildman–Crippen MR) is 63.1 cm³/mol. The summed E-state index contributed by atoms with van der Waals surface area (Å²) in [5, 5.41) is 1.06. The number of ether oxygens (including phenoxy) is 1. The highest BCUT2D eigenvalue weighted by Crippen LogP contribution is 2.29. The number of rotatable bonds is 2. The van der Waals surface area contributed by atoms with Crippen LogP contribution in [0.5, 0.6) is 0 Å². The van der Waals surface area contributed by atoms with Crippen LogP contribution in [0, 0.1) is 6.92 Å². The second kappa shape index (κ2) is 4.35. The minimum absolute atomic E-state index is 0.348. The summed E-state index contributed by atoms with van der Waals surface area (Å²) in [6.07, 6.45) is 0. The lowest BCUT2D eigenvalue weighted by Crippen LogP contribution is -2.01. The average molecular weight is 257 g/mol. The molecule has 0 unspecified atom stereocenters. The number of carbonyl (C=O) groups is 1. The van der Waals surface area contributed by atoms with E-state index in [1.807, 2.05) is 0 Å². The summed E-state index contributed by atoms with van der Waals surface area (Å²) in [7, 11) is 0. The molecule has 0 aliphatic rings. The van der Waals surface area contributed by atoms with E-state index in [9.17, 15) is 4.79 Å². The molecular formula is C10H9ClN2O2S. The summed E-state index contributed by atoms with van der Waals surface area (Å²) < 4.78 is 4.91. The van der Waals surface area contributed by atoms with Gasteiger partial charge in [0.25, 0.3) is 0 Å². The lowest BCUT2D eigenvalue weighted by atomic mass is 10.3. The second-order valence-corrected chi connectivity index (χ2v) is 4.50. The van der Waals surface area contributed by atoms with Crippen LogP contribution in [0.25, 0.3) is 10.2 Å². The van der Waals surface area contributed by atoms with Crippen molar-refractivity contribution in [2.24, 2.45) is 0 Å². The molecule has 0 saturated carbocycles. The molecule has 0 bridgehead atoms. The van der Waals surface area contributed by atoms with Gasteiger partial charge in [0.05, 0.1) is 6.61 Å². The molecule has 6 heteroatoms. The van der Waals surface area contributed by atoms with Crippen molar-refractivity contribution in [2.75, 3.05) is 6.61 Å². The molecule has 0 amide bonds. The van der Waals surface area contributed by atoms with Crippen molar-refractivity contribution < 1.29 is 9.53 Å². The predicted octanol–water partition coefficient (Wildman–Crippen LogP) is 2.83. The molecule has 0 saturated heterocycles. The van der Waals surface area contributed by atoms with Crippen LogP contribution in [0.3, 0.4) is 0 Å². The van der Waals surface area contributed by atoms with E-state index in [-0.39, 0.29) is 5.97 Å². The van der Waals surface area contributed by atoms with E-state index in [4.69, 9.17) is 16.3 Å². The van der Waals surface area contributed by atoms with Gasteiger partial charge < -0.3 is 4.74 Å². The first-order valence-electron chi connectivity index (χ1n) is 4.72. The zero-order valence-electron chi connectivity index (χ0n) is 8.78. The maximum absolute atomic E-state index is 11.5. The SMILES string of the molecule is CCOC(=O)c1cc2c(Cl)nc(C)nc2s1. The number of thiophene rings is 1. The van der Waals surface area contributed by atoms with Crippen LogP contribution in [0.15, 0.2) is 6.07 Å². The fourth-order valence-electron chi connectivity index (χ4n) is 1.29. The standard InChI is InChI=1S/C10H9ClN2O2S/c1-3-15-10(14)7-4-6-8(11)12-5(2)13-9(6)16-7/h4H,3H2,1-2H3. The third-order valence-electron chi connectivity index (χ3n) is 1.93. The van der Waals surface area contributed by atoms with Crippen molar-refractivity contribution in [3.8, 4) is 0 Å². The third kappa shape index (κ3) is 2.01. The van der Waals surface area contributed by atoms with Gasteiger partial charge in [-0.3, -0.25) is 0 Å². The molecule has 84 valence electrons. The van der Waals surface area contributed by atoms with Crippen LogP contribution in [0.2, 0.25) is 5.15 Å². The Morgan fingerprint density at radius 1 is 1.56 bits per heavy atom. The van der Waals surface area contributed by atoms with Gasteiger partial charge in [-0.15, -0.1) is 11.3 Å². The monoisotopic (exact) mass is 256 g/mol. The number of nitrogens with zero attached hydrogens (tertiary/aromatic N) is 2. The smallest absolute Gasteiger partial charge is 0.348 e. The molecule has 2 aromatic heterocycles. The van der Waals surface area contributed by atoms with Gasteiger partial charge in [-0.25, -0.2) is 14.8 Å². The Labute approximate surface area is 101 Å². The Morgan fingerprint density at radius 3 is 3.00 bits per heavy atom. The van der Waals surface area contributed by atoms with Crippen LogP contribution in [0.4, 0.5) is 0 Å². The average Bonchev–Trinajstić information content (AvgIpc) is 2.62. The largest absolute Gasteiger partial charge is 0.462 e. The Bertz CT molecular complexity index is 553. The molecule has 4 nitrogen and oxygen atoms in total. The highest BCUT2D eigenvalue weighted by molar-refractivity contribution is 7.20. The number of aromatic nitrogens is 2. The third-order valence-corrected chi connectivity index (χ3v) is 3.23. The normalized spacial score (nSPS) is 10.7. The summed E-state index contributed by atoms with van der Waals surface area (Å²) >= 11 is 7.22. The Hall–Kier alpha value is -1.20. The van der Waals surface area contributed by atoms with Crippen LogP contribution < -0.4 is 0 Å². The quantitative estimate of drug-likeness (QED) is 0.612. The molecule has 16 heavy (non-hydrogen) atoms. The summed E-state index contributed by atoms with van der Waals surface area (Å²) in [5.41, 5.74) is 0. The van der Waals surface area contributed by atoms with Crippen LogP contribution in [0.1, 0.15) is 22.4 Å². The van der Waals surface area contributed by atoms with Crippen molar-refractivity contribution in [1.82, 2.24) is 9.97 Å². The number of aryl methyl sites for hydroxylation is 1. The summed E-state index contributed by atoms with van der Waals surface area (Å²) in [4.78, 5) is 21.0. The zero-order valence-corrected chi connectivity index (χ0v) is 10.4. The number of hydrogen-bond donors (Lipinski definition) is 0. The Morgan fingerprint density at radius 2 is 2.31 bits per heavy atom. The molecule has 0 radical (unpaired) electrons. The molecule has 0 N–H and O–H groups in total. The highest BCUT2D eigenvalue weighted by atomic mass is 35.5. The van der Waals surface area contributed by atoms with Crippen LogP contribution in [-0.2, 0) is 4.74 Å². The van der Waals surface area contributed by atoms with Gasteiger partial charge >= 0.3 is 5.97 Å². The van der Waals surface area contributed by atoms with Gasteiger partial charge in [0.1, 0.15) is 20.7 Å². The van der Waals surface area contributed by atoms with Gasteiger partial charge in [-0.05, 0) is 19.9 Å². The number of hydrogen-bond acceptors (Lipinski definition) is 5. The van der Waals surface area contributed by atoms with Crippen LogP contribution in [-0.4, -0.2) is 22.5 Å². The zero-order chi connectivity index (χ0) is 11.7.